The first-order valence-corrected chi connectivity index (χ1v) is 13.8. The fourth-order valence-electron chi connectivity index (χ4n) is 6.35. The number of hydrogen-bond acceptors (Lipinski definition) is 3. The normalized spacial score (nSPS) is 24.0. The Morgan fingerprint density at radius 3 is 2.51 bits per heavy atom. The number of nitrogens with one attached hydrogen (secondary N) is 1. The van der Waals surface area contributed by atoms with E-state index in [9.17, 15) is 0 Å². The summed E-state index contributed by atoms with van der Waals surface area (Å²) in [7, 11) is 0. The third-order valence-electron chi connectivity index (χ3n) is 8.61. The number of aromatic nitrogens is 1. The first kappa shape index (κ1) is 24.8. The van der Waals surface area contributed by atoms with Crippen LogP contribution in [-0.4, -0.2) is 58.8 Å². The third-order valence-corrected chi connectivity index (χ3v) is 8.61. The van der Waals surface area contributed by atoms with Crippen LogP contribution in [0.25, 0.3) is 10.9 Å². The van der Waals surface area contributed by atoms with Crippen LogP contribution in [-0.2, 0) is 6.42 Å². The highest BCUT2D eigenvalue weighted by Crippen LogP contribution is 2.46. The zero-order valence-corrected chi connectivity index (χ0v) is 21.7. The second kappa shape index (κ2) is 9.66. The van der Waals surface area contributed by atoms with Crippen molar-refractivity contribution in [3.8, 4) is 5.75 Å². The van der Waals surface area contributed by atoms with Gasteiger partial charge in [-0.25, -0.2) is 13.2 Å². The standard InChI is InChI=1S/C30H36F3N3O/c1-3-4-12-35-16-21(17-35)37-20-14-24(31)27(25(32)15-20)29-28-23(22-8-5-6-9-26(22)34-28)13-19(2)36(29)18-30(33)10-7-11-30/h5-6,8-9,14-15,19,21,29,34H,3-4,7,10-13,16-18H2,1-2H3/t19-,29-/m1/s1. The fourth-order valence-corrected chi connectivity index (χ4v) is 6.35. The van der Waals surface area contributed by atoms with Crippen molar-refractivity contribution in [2.45, 2.75) is 76.2 Å². The Balaban J connectivity index is 1.34. The Labute approximate surface area is 216 Å². The molecule has 0 amide bonds. The number of halogens is 3. The summed E-state index contributed by atoms with van der Waals surface area (Å²) in [6.45, 7) is 6.93. The van der Waals surface area contributed by atoms with E-state index in [2.05, 4.69) is 16.8 Å². The number of alkyl halides is 1. The number of aromatic amines is 1. The average molecular weight is 512 g/mol. The maximum absolute atomic E-state index is 15.8. The van der Waals surface area contributed by atoms with Gasteiger partial charge < -0.3 is 9.72 Å². The van der Waals surface area contributed by atoms with E-state index < -0.39 is 23.3 Å². The van der Waals surface area contributed by atoms with Crippen LogP contribution in [0.15, 0.2) is 36.4 Å². The van der Waals surface area contributed by atoms with Crippen molar-refractivity contribution in [2.24, 2.45) is 0 Å². The molecule has 6 rings (SSSR count). The Kier molecular flexibility index (Phi) is 6.48. The maximum atomic E-state index is 15.8. The summed E-state index contributed by atoms with van der Waals surface area (Å²) in [6.07, 6.45) is 4.76. The number of fused-ring (bicyclic) bond motifs is 3. The van der Waals surface area contributed by atoms with Crippen LogP contribution in [0.3, 0.4) is 0 Å². The zero-order chi connectivity index (χ0) is 25.7. The predicted molar refractivity (Wildman–Crippen MR) is 140 cm³/mol. The van der Waals surface area contributed by atoms with Gasteiger partial charge in [0.05, 0.1) is 6.04 Å². The van der Waals surface area contributed by atoms with Crippen LogP contribution in [0, 0.1) is 11.6 Å². The van der Waals surface area contributed by atoms with Crippen molar-refractivity contribution in [3.63, 3.8) is 0 Å². The van der Waals surface area contributed by atoms with Crippen LogP contribution in [0.2, 0.25) is 0 Å². The van der Waals surface area contributed by atoms with Crippen LogP contribution in [0.1, 0.15) is 68.8 Å². The van der Waals surface area contributed by atoms with Gasteiger partial charge >= 0.3 is 0 Å². The highest BCUT2D eigenvalue weighted by molar-refractivity contribution is 5.85. The Morgan fingerprint density at radius 2 is 1.84 bits per heavy atom. The number of rotatable bonds is 8. The summed E-state index contributed by atoms with van der Waals surface area (Å²) < 4.78 is 53.0. The number of para-hydroxylation sites is 1. The minimum absolute atomic E-state index is 0.0344. The molecule has 7 heteroatoms. The highest BCUT2D eigenvalue weighted by Gasteiger charge is 2.45. The lowest BCUT2D eigenvalue weighted by Gasteiger charge is -2.46. The molecule has 2 fully saturated rings. The monoisotopic (exact) mass is 511 g/mol. The molecule has 198 valence electrons. The number of nitrogens with zero attached hydrogens (tertiary/aromatic N) is 2. The Morgan fingerprint density at radius 1 is 1.11 bits per heavy atom. The molecule has 3 aromatic rings. The number of H-pyrrole nitrogens is 1. The summed E-state index contributed by atoms with van der Waals surface area (Å²) in [5.41, 5.74) is 1.42. The van der Waals surface area contributed by atoms with Gasteiger partial charge in [-0.1, -0.05) is 31.5 Å². The number of unbranched alkanes of at least 4 members (excludes halogenated alkanes) is 1. The van der Waals surface area contributed by atoms with Crippen molar-refractivity contribution in [1.82, 2.24) is 14.8 Å². The fraction of sp³-hybridized carbons (Fsp3) is 0.533. The first-order valence-electron chi connectivity index (χ1n) is 13.8. The van der Waals surface area contributed by atoms with Gasteiger partial charge in [0.15, 0.2) is 0 Å². The quantitative estimate of drug-likeness (QED) is 0.373. The molecule has 1 saturated heterocycles. The van der Waals surface area contributed by atoms with Crippen LogP contribution >= 0.6 is 0 Å². The molecule has 2 aliphatic heterocycles. The number of likely N-dealkylation sites (tertiary alicyclic amines) is 1. The summed E-state index contributed by atoms with van der Waals surface area (Å²) in [6, 6.07) is 9.76. The minimum atomic E-state index is -1.31. The largest absolute Gasteiger partial charge is 0.488 e. The molecule has 0 unspecified atom stereocenters. The zero-order valence-electron chi connectivity index (χ0n) is 21.7. The summed E-state index contributed by atoms with van der Waals surface area (Å²) in [5, 5.41) is 1.06. The molecule has 1 aromatic heterocycles. The minimum Gasteiger partial charge on any atom is -0.488 e. The molecule has 4 nitrogen and oxygen atoms in total. The van der Waals surface area contributed by atoms with E-state index in [0.717, 1.165) is 61.1 Å². The van der Waals surface area contributed by atoms with E-state index in [4.69, 9.17) is 4.74 Å². The van der Waals surface area contributed by atoms with Gasteiger partial charge in [-0.05, 0) is 57.2 Å². The summed E-state index contributed by atoms with van der Waals surface area (Å²) in [5.74, 6) is -1.08. The van der Waals surface area contributed by atoms with Crippen molar-refractivity contribution >= 4 is 10.9 Å². The first-order chi connectivity index (χ1) is 17.8. The van der Waals surface area contributed by atoms with Gasteiger partial charge in [-0.2, -0.15) is 0 Å². The van der Waals surface area contributed by atoms with Gasteiger partial charge in [0.2, 0.25) is 0 Å². The molecule has 3 aliphatic rings. The lowest BCUT2D eigenvalue weighted by Crippen LogP contribution is -2.53. The van der Waals surface area contributed by atoms with E-state index in [1.54, 1.807) is 0 Å². The van der Waals surface area contributed by atoms with Crippen molar-refractivity contribution in [1.29, 1.82) is 0 Å². The van der Waals surface area contributed by atoms with E-state index >= 15 is 13.2 Å². The van der Waals surface area contributed by atoms with Crippen LogP contribution < -0.4 is 4.74 Å². The van der Waals surface area contributed by atoms with Gasteiger partial charge in [-0.3, -0.25) is 9.80 Å². The number of hydrogen-bond donors (Lipinski definition) is 1. The van der Waals surface area contributed by atoms with E-state index in [1.807, 2.05) is 36.1 Å². The molecular weight excluding hydrogens is 475 g/mol. The molecule has 37 heavy (non-hydrogen) atoms. The Hall–Kier alpha value is -2.51. The molecule has 2 atom stereocenters. The van der Waals surface area contributed by atoms with E-state index in [0.29, 0.717) is 19.3 Å². The molecule has 1 saturated carbocycles. The van der Waals surface area contributed by atoms with Gasteiger partial charge in [-0.15, -0.1) is 0 Å². The second-order valence-electron chi connectivity index (χ2n) is 11.3. The van der Waals surface area contributed by atoms with E-state index in [-0.39, 0.29) is 30.0 Å². The molecule has 1 N–H and O–H groups in total. The summed E-state index contributed by atoms with van der Waals surface area (Å²) in [4.78, 5) is 7.71. The summed E-state index contributed by atoms with van der Waals surface area (Å²) >= 11 is 0. The number of ether oxygens (including phenoxy) is 1. The SMILES string of the molecule is CCCCN1CC(Oc2cc(F)c([C@@H]3c4[nH]c5ccccc5c4C[C@@H](C)N3CC3(F)CCC3)c(F)c2)C1. The molecule has 0 spiro atoms. The molecule has 0 radical (unpaired) electrons. The van der Waals surface area contributed by atoms with Crippen LogP contribution in [0.5, 0.6) is 5.75 Å². The van der Waals surface area contributed by atoms with Gasteiger partial charge in [0.25, 0.3) is 0 Å². The lowest BCUT2D eigenvalue weighted by molar-refractivity contribution is -0.00826. The Bertz CT molecular complexity index is 1260. The second-order valence-corrected chi connectivity index (χ2v) is 11.3. The van der Waals surface area contributed by atoms with E-state index in [1.165, 1.54) is 12.1 Å². The van der Waals surface area contributed by atoms with Crippen molar-refractivity contribution < 1.29 is 17.9 Å². The topological polar surface area (TPSA) is 31.5 Å². The average Bonchev–Trinajstić information content (AvgIpc) is 3.18. The van der Waals surface area contributed by atoms with Gasteiger partial charge in [0.1, 0.15) is 29.2 Å². The highest BCUT2D eigenvalue weighted by atomic mass is 19.1. The molecule has 2 aromatic carbocycles. The molecule has 1 aliphatic carbocycles. The van der Waals surface area contributed by atoms with Gasteiger partial charge in [0, 0.05) is 60.0 Å². The lowest BCUT2D eigenvalue weighted by atomic mass is 9.79. The van der Waals surface area contributed by atoms with Crippen molar-refractivity contribution in [2.75, 3.05) is 26.2 Å². The third kappa shape index (κ3) is 4.54. The molecular formula is C30H36F3N3O. The molecule has 3 heterocycles. The predicted octanol–water partition coefficient (Wildman–Crippen LogP) is 6.54. The van der Waals surface area contributed by atoms with Crippen LogP contribution in [0.4, 0.5) is 13.2 Å². The molecule has 0 bridgehead atoms. The maximum Gasteiger partial charge on any atom is 0.135 e. The number of benzene rings is 2. The smallest absolute Gasteiger partial charge is 0.135 e. The van der Waals surface area contributed by atoms with Crippen molar-refractivity contribution in [3.05, 3.63) is 64.9 Å².